The lowest BCUT2D eigenvalue weighted by molar-refractivity contribution is 0.101. The highest BCUT2D eigenvalue weighted by molar-refractivity contribution is 7.09. The Bertz CT molecular complexity index is 423. The van der Waals surface area contributed by atoms with Gasteiger partial charge >= 0.3 is 0 Å². The summed E-state index contributed by atoms with van der Waals surface area (Å²) in [6.45, 7) is 11.0. The summed E-state index contributed by atoms with van der Waals surface area (Å²) in [5, 5.41) is 6.81. The molecule has 1 heterocycles. The van der Waals surface area contributed by atoms with Crippen LogP contribution in [0.1, 0.15) is 44.3 Å². The zero-order valence-electron chi connectivity index (χ0n) is 13.8. The Hall–Kier alpha value is -0.490. The van der Waals surface area contributed by atoms with Crippen LogP contribution in [-0.2, 0) is 17.8 Å². The van der Waals surface area contributed by atoms with Crippen molar-refractivity contribution in [2.75, 3.05) is 26.8 Å². The lowest BCUT2D eigenvalue weighted by Gasteiger charge is -2.19. The Morgan fingerprint density at radius 1 is 1.43 bits per heavy atom. The number of aromatic nitrogens is 1. The standard InChI is InChI=1S/C16H29N3OS/c1-16(2,3)17-9-15-18-14(12-21-15)10-19(4)7-8-20-11-13-5-6-13/h12-13,17H,5-11H2,1-4H3. The molecule has 1 fully saturated rings. The molecule has 2 rings (SSSR count). The van der Waals surface area contributed by atoms with Crippen molar-refractivity contribution in [1.29, 1.82) is 0 Å². The molecule has 0 aromatic carbocycles. The van der Waals surface area contributed by atoms with Crippen molar-refractivity contribution in [3.8, 4) is 0 Å². The van der Waals surface area contributed by atoms with Gasteiger partial charge in [0.2, 0.25) is 0 Å². The topological polar surface area (TPSA) is 37.4 Å². The van der Waals surface area contributed by atoms with Crippen molar-refractivity contribution in [3.63, 3.8) is 0 Å². The summed E-state index contributed by atoms with van der Waals surface area (Å²) in [6.07, 6.45) is 2.72. The van der Waals surface area contributed by atoms with E-state index in [1.807, 2.05) is 0 Å². The molecule has 1 aromatic heterocycles. The van der Waals surface area contributed by atoms with E-state index in [9.17, 15) is 0 Å². The van der Waals surface area contributed by atoms with Gasteiger partial charge in [0.1, 0.15) is 5.01 Å². The van der Waals surface area contributed by atoms with Crippen LogP contribution in [0, 0.1) is 5.92 Å². The van der Waals surface area contributed by atoms with E-state index < -0.39 is 0 Å². The lowest BCUT2D eigenvalue weighted by atomic mass is 10.1. The minimum absolute atomic E-state index is 0.140. The van der Waals surface area contributed by atoms with E-state index in [0.29, 0.717) is 0 Å². The van der Waals surface area contributed by atoms with Crippen molar-refractivity contribution in [3.05, 3.63) is 16.1 Å². The minimum atomic E-state index is 0.140. The van der Waals surface area contributed by atoms with Crippen molar-refractivity contribution in [2.24, 2.45) is 5.92 Å². The number of thiazole rings is 1. The first kappa shape index (κ1) is 16.9. The third kappa shape index (κ3) is 7.36. The molecule has 21 heavy (non-hydrogen) atoms. The van der Waals surface area contributed by atoms with Crippen molar-refractivity contribution in [1.82, 2.24) is 15.2 Å². The number of rotatable bonds is 9. The number of hydrogen-bond acceptors (Lipinski definition) is 5. The second-order valence-electron chi connectivity index (χ2n) is 7.09. The van der Waals surface area contributed by atoms with Crippen molar-refractivity contribution in [2.45, 2.75) is 52.2 Å². The normalized spacial score (nSPS) is 15.9. The van der Waals surface area contributed by atoms with Crippen LogP contribution >= 0.6 is 11.3 Å². The van der Waals surface area contributed by atoms with Crippen LogP contribution in [0.2, 0.25) is 0 Å². The van der Waals surface area contributed by atoms with Crippen LogP contribution in [0.3, 0.4) is 0 Å². The molecule has 1 N–H and O–H groups in total. The number of nitrogens with one attached hydrogen (secondary N) is 1. The summed E-state index contributed by atoms with van der Waals surface area (Å²) in [6, 6.07) is 0. The Morgan fingerprint density at radius 3 is 2.86 bits per heavy atom. The highest BCUT2D eigenvalue weighted by Crippen LogP contribution is 2.28. The molecule has 1 aromatic rings. The molecule has 1 saturated carbocycles. The van der Waals surface area contributed by atoms with Gasteiger partial charge in [-0.2, -0.15) is 0 Å². The molecule has 0 atom stereocenters. The summed E-state index contributed by atoms with van der Waals surface area (Å²) < 4.78 is 5.68. The van der Waals surface area contributed by atoms with Gasteiger partial charge in [-0.15, -0.1) is 11.3 Å². The van der Waals surface area contributed by atoms with Crippen LogP contribution in [0.5, 0.6) is 0 Å². The maximum Gasteiger partial charge on any atom is 0.107 e. The van der Waals surface area contributed by atoms with Gasteiger partial charge in [0.05, 0.1) is 12.3 Å². The highest BCUT2D eigenvalue weighted by Gasteiger charge is 2.21. The Labute approximate surface area is 132 Å². The average molecular weight is 311 g/mol. The van der Waals surface area contributed by atoms with Gasteiger partial charge in [0.15, 0.2) is 0 Å². The van der Waals surface area contributed by atoms with E-state index in [4.69, 9.17) is 9.72 Å². The second kappa shape index (κ2) is 7.68. The van der Waals surface area contributed by atoms with E-state index in [1.54, 1.807) is 11.3 Å². The highest BCUT2D eigenvalue weighted by atomic mass is 32.1. The van der Waals surface area contributed by atoms with E-state index in [-0.39, 0.29) is 5.54 Å². The summed E-state index contributed by atoms with van der Waals surface area (Å²) >= 11 is 1.74. The first-order valence-corrected chi connectivity index (χ1v) is 8.75. The number of ether oxygens (including phenoxy) is 1. The van der Waals surface area contributed by atoms with E-state index in [2.05, 4.69) is 43.4 Å². The molecule has 4 nitrogen and oxygen atoms in total. The molecule has 0 unspecified atom stereocenters. The zero-order valence-corrected chi connectivity index (χ0v) is 14.6. The number of hydrogen-bond donors (Lipinski definition) is 1. The van der Waals surface area contributed by atoms with E-state index in [0.717, 1.165) is 44.5 Å². The minimum Gasteiger partial charge on any atom is -0.380 e. The third-order valence-corrected chi connectivity index (χ3v) is 4.37. The quantitative estimate of drug-likeness (QED) is 0.712. The van der Waals surface area contributed by atoms with Crippen LogP contribution < -0.4 is 5.32 Å². The molecule has 1 aliphatic rings. The number of nitrogens with zero attached hydrogens (tertiary/aromatic N) is 2. The van der Waals surface area contributed by atoms with Gasteiger partial charge < -0.3 is 10.1 Å². The predicted octanol–water partition coefficient (Wildman–Crippen LogP) is 2.89. The van der Waals surface area contributed by atoms with Crippen LogP contribution in [0.4, 0.5) is 0 Å². The van der Waals surface area contributed by atoms with Gasteiger partial charge in [-0.1, -0.05) is 0 Å². The SMILES string of the molecule is CN(CCOCC1CC1)Cc1csc(CNC(C)(C)C)n1. The molecule has 0 radical (unpaired) electrons. The van der Waals surface area contributed by atoms with Gasteiger partial charge in [-0.3, -0.25) is 4.90 Å². The Morgan fingerprint density at radius 2 is 2.19 bits per heavy atom. The average Bonchev–Trinajstić information content (AvgIpc) is 3.11. The second-order valence-corrected chi connectivity index (χ2v) is 8.03. The van der Waals surface area contributed by atoms with Crippen LogP contribution in [-0.4, -0.2) is 42.2 Å². The molecule has 0 saturated heterocycles. The molecule has 120 valence electrons. The monoisotopic (exact) mass is 311 g/mol. The maximum absolute atomic E-state index is 5.68. The smallest absolute Gasteiger partial charge is 0.107 e. The summed E-state index contributed by atoms with van der Waals surface area (Å²) in [5.74, 6) is 0.853. The molecule has 5 heteroatoms. The largest absolute Gasteiger partial charge is 0.380 e. The van der Waals surface area contributed by atoms with E-state index >= 15 is 0 Å². The lowest BCUT2D eigenvalue weighted by Crippen LogP contribution is -2.35. The van der Waals surface area contributed by atoms with Crippen molar-refractivity contribution < 1.29 is 4.74 Å². The molecular weight excluding hydrogens is 282 g/mol. The summed E-state index contributed by atoms with van der Waals surface area (Å²) in [7, 11) is 2.13. The first-order valence-electron chi connectivity index (χ1n) is 7.87. The number of likely N-dealkylation sites (N-methyl/N-ethyl adjacent to an activating group) is 1. The van der Waals surface area contributed by atoms with Crippen LogP contribution in [0.15, 0.2) is 5.38 Å². The maximum atomic E-state index is 5.68. The predicted molar refractivity (Wildman–Crippen MR) is 88.6 cm³/mol. The Balaban J connectivity index is 1.63. The molecule has 0 bridgehead atoms. The summed E-state index contributed by atoms with van der Waals surface area (Å²) in [4.78, 5) is 6.97. The fourth-order valence-electron chi connectivity index (χ4n) is 1.95. The third-order valence-electron chi connectivity index (χ3n) is 3.47. The van der Waals surface area contributed by atoms with Gasteiger partial charge in [-0.05, 0) is 46.6 Å². The van der Waals surface area contributed by atoms with Gasteiger partial charge in [-0.25, -0.2) is 4.98 Å². The molecule has 1 aliphatic carbocycles. The molecule has 0 spiro atoms. The van der Waals surface area contributed by atoms with Gasteiger partial charge in [0, 0.05) is 37.2 Å². The molecule has 0 amide bonds. The molecular formula is C16H29N3OS. The van der Waals surface area contributed by atoms with Crippen LogP contribution in [0.25, 0.3) is 0 Å². The summed E-state index contributed by atoms with van der Waals surface area (Å²) in [5.41, 5.74) is 1.30. The van der Waals surface area contributed by atoms with Crippen molar-refractivity contribution >= 4 is 11.3 Å². The zero-order chi connectivity index (χ0) is 15.3. The fourth-order valence-corrected chi connectivity index (χ4v) is 2.68. The first-order chi connectivity index (χ1) is 9.92. The Kier molecular flexibility index (Phi) is 6.17. The van der Waals surface area contributed by atoms with E-state index in [1.165, 1.54) is 17.8 Å². The van der Waals surface area contributed by atoms with Gasteiger partial charge in [0.25, 0.3) is 0 Å². The fraction of sp³-hybridized carbons (Fsp3) is 0.812. The molecule has 0 aliphatic heterocycles.